The maximum Gasteiger partial charge on any atom is 0.317 e. The van der Waals surface area contributed by atoms with Gasteiger partial charge in [-0.25, -0.2) is 4.79 Å². The van der Waals surface area contributed by atoms with Crippen molar-refractivity contribution in [1.29, 1.82) is 0 Å². The summed E-state index contributed by atoms with van der Waals surface area (Å²) in [5, 5.41) is 15.4. The number of aromatic nitrogens is 2. The molecule has 1 aromatic rings. The first-order valence-corrected chi connectivity index (χ1v) is 6.53. The van der Waals surface area contributed by atoms with Gasteiger partial charge in [0, 0.05) is 26.1 Å². The fraction of sp³-hybridized carbons (Fsp3) is 0.667. The molecule has 0 aromatic carbocycles. The van der Waals surface area contributed by atoms with Crippen LogP contribution in [0.25, 0.3) is 0 Å². The van der Waals surface area contributed by atoms with Gasteiger partial charge < -0.3 is 19.8 Å². The van der Waals surface area contributed by atoms with Crippen molar-refractivity contribution in [3.63, 3.8) is 0 Å². The van der Waals surface area contributed by atoms with E-state index in [-0.39, 0.29) is 12.6 Å². The van der Waals surface area contributed by atoms with Gasteiger partial charge in [0.25, 0.3) is 0 Å². The van der Waals surface area contributed by atoms with Gasteiger partial charge in [-0.3, -0.25) is 4.79 Å². The predicted molar refractivity (Wildman–Crippen MR) is 68.0 cm³/mol. The normalized spacial score (nSPS) is 22.6. The number of carbonyl (C=O) groups excluding carboxylic acids is 1. The Morgan fingerprint density at radius 1 is 1.60 bits per heavy atom. The third-order valence-corrected chi connectivity index (χ3v) is 3.52. The molecule has 1 aliphatic rings. The van der Waals surface area contributed by atoms with E-state index in [0.29, 0.717) is 38.2 Å². The van der Waals surface area contributed by atoms with Crippen molar-refractivity contribution in [2.24, 2.45) is 5.41 Å². The van der Waals surface area contributed by atoms with E-state index in [1.807, 2.05) is 0 Å². The van der Waals surface area contributed by atoms with E-state index in [1.165, 1.54) is 6.33 Å². The van der Waals surface area contributed by atoms with Crippen molar-refractivity contribution < 1.29 is 19.2 Å². The van der Waals surface area contributed by atoms with E-state index in [9.17, 15) is 14.7 Å². The zero-order valence-corrected chi connectivity index (χ0v) is 11.3. The minimum Gasteiger partial charge on any atom is -0.481 e. The molecule has 2 N–H and O–H groups in total. The summed E-state index contributed by atoms with van der Waals surface area (Å²) in [6, 6.07) is -0.253. The summed E-state index contributed by atoms with van der Waals surface area (Å²) in [5.41, 5.74) is -0.859. The second-order valence-corrected chi connectivity index (χ2v) is 5.21. The number of hydrogen-bond acceptors (Lipinski definition) is 5. The number of carboxylic acid groups (broad SMARTS) is 1. The van der Waals surface area contributed by atoms with Gasteiger partial charge in [0.15, 0.2) is 6.33 Å². The largest absolute Gasteiger partial charge is 0.481 e. The molecule has 0 saturated carbocycles. The molecule has 20 heavy (non-hydrogen) atoms. The number of nitrogens with zero attached hydrogens (tertiary/aromatic N) is 3. The van der Waals surface area contributed by atoms with Crippen molar-refractivity contribution >= 4 is 12.0 Å². The molecule has 1 aliphatic heterocycles. The van der Waals surface area contributed by atoms with Crippen molar-refractivity contribution in [2.75, 3.05) is 19.6 Å². The highest BCUT2D eigenvalue weighted by Gasteiger charge is 2.39. The topological polar surface area (TPSA) is 109 Å². The van der Waals surface area contributed by atoms with Crippen LogP contribution in [-0.4, -0.2) is 51.8 Å². The van der Waals surface area contributed by atoms with E-state index >= 15 is 0 Å². The van der Waals surface area contributed by atoms with Gasteiger partial charge in [-0.15, -0.1) is 0 Å². The third-order valence-electron chi connectivity index (χ3n) is 3.52. The summed E-state index contributed by atoms with van der Waals surface area (Å²) in [7, 11) is 0. The van der Waals surface area contributed by atoms with Crippen LogP contribution in [0.4, 0.5) is 4.79 Å². The lowest BCUT2D eigenvalue weighted by Gasteiger charge is -2.37. The smallest absolute Gasteiger partial charge is 0.317 e. The van der Waals surface area contributed by atoms with E-state index in [1.54, 1.807) is 11.8 Å². The number of rotatable bonds is 4. The SMILES string of the molecule is CC1(C(=O)O)CCCN(C(=O)NCCc2ncno2)C1. The van der Waals surface area contributed by atoms with Crippen LogP contribution in [0.3, 0.4) is 0 Å². The molecule has 2 heterocycles. The number of amides is 2. The standard InChI is InChI=1S/C12H18N4O4/c1-12(10(17)18)4-2-6-16(7-12)11(19)13-5-3-9-14-8-15-20-9/h8H,2-7H2,1H3,(H,13,19)(H,17,18). The Hall–Kier alpha value is -2.12. The summed E-state index contributed by atoms with van der Waals surface area (Å²) in [6.07, 6.45) is 3.05. The van der Waals surface area contributed by atoms with Crippen LogP contribution in [0, 0.1) is 5.41 Å². The van der Waals surface area contributed by atoms with E-state index in [2.05, 4.69) is 15.5 Å². The first-order valence-electron chi connectivity index (χ1n) is 6.53. The molecular formula is C12H18N4O4. The fourth-order valence-corrected chi connectivity index (χ4v) is 2.28. The number of piperidine rings is 1. The monoisotopic (exact) mass is 282 g/mol. The predicted octanol–water partition coefficient (Wildman–Crippen LogP) is 0.508. The highest BCUT2D eigenvalue weighted by molar-refractivity contribution is 5.78. The number of carbonyl (C=O) groups is 2. The number of aliphatic carboxylic acids is 1. The van der Waals surface area contributed by atoms with Crippen molar-refractivity contribution in [3.8, 4) is 0 Å². The maximum atomic E-state index is 12.0. The molecule has 0 spiro atoms. The second kappa shape index (κ2) is 5.89. The summed E-state index contributed by atoms with van der Waals surface area (Å²) >= 11 is 0. The summed E-state index contributed by atoms with van der Waals surface area (Å²) in [6.45, 7) is 2.86. The van der Waals surface area contributed by atoms with Gasteiger partial charge >= 0.3 is 12.0 Å². The molecule has 8 heteroatoms. The minimum absolute atomic E-state index is 0.231. The van der Waals surface area contributed by atoms with Crippen molar-refractivity contribution in [3.05, 3.63) is 12.2 Å². The Morgan fingerprint density at radius 2 is 2.40 bits per heavy atom. The van der Waals surface area contributed by atoms with Crippen LogP contribution >= 0.6 is 0 Å². The molecule has 0 aliphatic carbocycles. The van der Waals surface area contributed by atoms with Crippen molar-refractivity contribution in [2.45, 2.75) is 26.2 Å². The van der Waals surface area contributed by atoms with Crippen LogP contribution in [0.2, 0.25) is 0 Å². The molecule has 110 valence electrons. The average Bonchev–Trinajstić information content (AvgIpc) is 2.91. The van der Waals surface area contributed by atoms with Crippen LogP contribution in [0.1, 0.15) is 25.7 Å². The van der Waals surface area contributed by atoms with Gasteiger partial charge in [0.1, 0.15) is 0 Å². The zero-order chi connectivity index (χ0) is 14.6. The summed E-state index contributed by atoms with van der Waals surface area (Å²) < 4.78 is 4.82. The molecule has 8 nitrogen and oxygen atoms in total. The molecule has 1 aromatic heterocycles. The van der Waals surface area contributed by atoms with Gasteiger partial charge in [0.2, 0.25) is 5.89 Å². The highest BCUT2D eigenvalue weighted by Crippen LogP contribution is 2.29. The number of urea groups is 1. The van der Waals surface area contributed by atoms with Crippen LogP contribution in [0.15, 0.2) is 10.9 Å². The first kappa shape index (κ1) is 14.3. The number of carboxylic acids is 1. The highest BCUT2D eigenvalue weighted by atomic mass is 16.5. The summed E-state index contributed by atoms with van der Waals surface area (Å²) in [5.74, 6) is -0.403. The Kier molecular flexibility index (Phi) is 4.21. The van der Waals surface area contributed by atoms with Gasteiger partial charge in [-0.1, -0.05) is 5.16 Å². The Morgan fingerprint density at radius 3 is 3.05 bits per heavy atom. The second-order valence-electron chi connectivity index (χ2n) is 5.21. The van der Waals surface area contributed by atoms with Crippen LogP contribution in [-0.2, 0) is 11.2 Å². The molecular weight excluding hydrogens is 264 g/mol. The van der Waals surface area contributed by atoms with Crippen LogP contribution in [0.5, 0.6) is 0 Å². The zero-order valence-electron chi connectivity index (χ0n) is 11.3. The van der Waals surface area contributed by atoms with E-state index < -0.39 is 11.4 Å². The molecule has 2 rings (SSSR count). The van der Waals surface area contributed by atoms with Gasteiger partial charge in [0.05, 0.1) is 5.41 Å². The summed E-state index contributed by atoms with van der Waals surface area (Å²) in [4.78, 5) is 28.6. The fourth-order valence-electron chi connectivity index (χ4n) is 2.28. The first-order chi connectivity index (χ1) is 9.51. The molecule has 1 unspecified atom stereocenters. The number of nitrogens with one attached hydrogen (secondary N) is 1. The van der Waals surface area contributed by atoms with E-state index in [0.717, 1.165) is 0 Å². The minimum atomic E-state index is -0.860. The molecule has 1 saturated heterocycles. The van der Waals surface area contributed by atoms with E-state index in [4.69, 9.17) is 4.52 Å². The Balaban J connectivity index is 1.81. The lowest BCUT2D eigenvalue weighted by molar-refractivity contribution is -0.150. The lowest BCUT2D eigenvalue weighted by atomic mass is 9.82. The van der Waals surface area contributed by atoms with Gasteiger partial charge in [-0.05, 0) is 19.8 Å². The average molecular weight is 282 g/mol. The van der Waals surface area contributed by atoms with Gasteiger partial charge in [-0.2, -0.15) is 4.98 Å². The number of likely N-dealkylation sites (tertiary alicyclic amines) is 1. The Bertz CT molecular complexity index is 476. The number of hydrogen-bond donors (Lipinski definition) is 2. The third kappa shape index (κ3) is 3.25. The molecule has 2 amide bonds. The molecule has 1 fully saturated rings. The quantitative estimate of drug-likeness (QED) is 0.832. The van der Waals surface area contributed by atoms with Crippen molar-refractivity contribution in [1.82, 2.24) is 20.4 Å². The molecule has 1 atom stereocenters. The molecule has 0 radical (unpaired) electrons. The Labute approximate surface area is 116 Å². The van der Waals surface area contributed by atoms with Crippen LogP contribution < -0.4 is 5.32 Å². The maximum absolute atomic E-state index is 12.0. The lowest BCUT2D eigenvalue weighted by Crippen LogP contribution is -2.51. The molecule has 0 bridgehead atoms.